The van der Waals surface area contributed by atoms with Crippen LogP contribution >= 0.6 is 11.8 Å². The monoisotopic (exact) mass is 250 g/mol. The van der Waals surface area contributed by atoms with Crippen molar-refractivity contribution in [1.29, 1.82) is 0 Å². The van der Waals surface area contributed by atoms with E-state index in [-0.39, 0.29) is 5.92 Å². The number of benzene rings is 1. The number of hydrogen-bond donors (Lipinski definition) is 1. The fourth-order valence-corrected chi connectivity index (χ4v) is 2.63. The molecule has 0 fully saturated rings. The maximum Gasteiger partial charge on any atom is 0.0819 e. The first-order valence-corrected chi connectivity index (χ1v) is 7.16. The molecule has 1 nitrogen and oxygen atoms in total. The van der Waals surface area contributed by atoms with Crippen molar-refractivity contribution in [3.8, 4) is 0 Å². The van der Waals surface area contributed by atoms with Gasteiger partial charge in [-0.25, -0.2) is 0 Å². The normalized spacial score (nSPS) is 14.1. The molecule has 0 heterocycles. The van der Waals surface area contributed by atoms with Gasteiger partial charge in [0.2, 0.25) is 0 Å². The van der Waals surface area contributed by atoms with Gasteiger partial charge in [-0.2, -0.15) is 0 Å². The fraction of sp³-hybridized carbons (Fsp3) is 0.467. The Labute approximate surface area is 109 Å². The smallest absolute Gasteiger partial charge is 0.0819 e. The average Bonchev–Trinajstić information content (AvgIpc) is 2.35. The van der Waals surface area contributed by atoms with Gasteiger partial charge < -0.3 is 5.11 Å². The standard InChI is InChI=1S/C15H22OS/c1-5-14(17-6-2)12-9-7-8-10-13(12)15(16)11(3)4/h5,7-11,15-16H,6H2,1-4H3/b14-5+. The molecule has 1 rings (SSSR count). The van der Waals surface area contributed by atoms with Crippen LogP contribution < -0.4 is 0 Å². The molecule has 0 amide bonds. The Morgan fingerprint density at radius 2 is 2.00 bits per heavy atom. The van der Waals surface area contributed by atoms with Crippen molar-refractivity contribution in [3.05, 3.63) is 41.5 Å². The Hall–Kier alpha value is -0.730. The van der Waals surface area contributed by atoms with Gasteiger partial charge in [0, 0.05) is 4.91 Å². The number of rotatable bonds is 5. The second kappa shape index (κ2) is 6.87. The molecule has 1 atom stereocenters. The zero-order chi connectivity index (χ0) is 12.8. The van der Waals surface area contributed by atoms with E-state index in [0.29, 0.717) is 0 Å². The van der Waals surface area contributed by atoms with Crippen molar-refractivity contribution in [3.63, 3.8) is 0 Å². The molecule has 0 aliphatic carbocycles. The molecule has 0 radical (unpaired) electrons. The molecule has 1 aromatic rings. The molecule has 1 N–H and O–H groups in total. The van der Waals surface area contributed by atoms with Gasteiger partial charge in [0.1, 0.15) is 0 Å². The van der Waals surface area contributed by atoms with E-state index in [1.54, 1.807) is 0 Å². The third-order valence-corrected chi connectivity index (χ3v) is 3.79. The second-order valence-corrected chi connectivity index (χ2v) is 5.67. The zero-order valence-electron chi connectivity index (χ0n) is 11.1. The molecule has 0 saturated carbocycles. The number of aliphatic hydroxyl groups excluding tert-OH is 1. The number of thioether (sulfide) groups is 1. The Balaban J connectivity index is 3.15. The maximum atomic E-state index is 10.3. The van der Waals surface area contributed by atoms with E-state index in [0.717, 1.165) is 11.3 Å². The van der Waals surface area contributed by atoms with Crippen LogP contribution in [-0.2, 0) is 0 Å². The molecular formula is C15H22OS. The molecule has 0 saturated heterocycles. The Bertz CT molecular complexity index is 382. The minimum Gasteiger partial charge on any atom is -0.388 e. The highest BCUT2D eigenvalue weighted by Gasteiger charge is 2.17. The van der Waals surface area contributed by atoms with Gasteiger partial charge in [-0.1, -0.05) is 51.1 Å². The van der Waals surface area contributed by atoms with Crippen molar-refractivity contribution in [2.45, 2.75) is 33.8 Å². The van der Waals surface area contributed by atoms with E-state index in [2.05, 4.69) is 26.0 Å². The van der Waals surface area contributed by atoms with Crippen LogP contribution in [0.5, 0.6) is 0 Å². The highest BCUT2D eigenvalue weighted by atomic mass is 32.2. The molecule has 0 aromatic heterocycles. The summed E-state index contributed by atoms with van der Waals surface area (Å²) < 4.78 is 0. The van der Waals surface area contributed by atoms with Crippen LogP contribution in [0.2, 0.25) is 0 Å². The van der Waals surface area contributed by atoms with Crippen molar-refractivity contribution < 1.29 is 5.11 Å². The lowest BCUT2D eigenvalue weighted by Gasteiger charge is -2.19. The zero-order valence-corrected chi connectivity index (χ0v) is 11.9. The highest BCUT2D eigenvalue weighted by molar-refractivity contribution is 8.08. The van der Waals surface area contributed by atoms with E-state index in [9.17, 15) is 5.11 Å². The van der Waals surface area contributed by atoms with Crippen LogP contribution in [0.3, 0.4) is 0 Å². The quantitative estimate of drug-likeness (QED) is 0.831. The summed E-state index contributed by atoms with van der Waals surface area (Å²) in [6.07, 6.45) is 1.73. The second-order valence-electron chi connectivity index (χ2n) is 4.36. The maximum absolute atomic E-state index is 10.3. The van der Waals surface area contributed by atoms with E-state index >= 15 is 0 Å². The Morgan fingerprint density at radius 3 is 2.53 bits per heavy atom. The lowest BCUT2D eigenvalue weighted by molar-refractivity contribution is 0.126. The summed E-state index contributed by atoms with van der Waals surface area (Å²) in [5.74, 6) is 1.28. The first-order chi connectivity index (χ1) is 8.11. The van der Waals surface area contributed by atoms with E-state index in [1.165, 1.54) is 10.5 Å². The van der Waals surface area contributed by atoms with E-state index in [1.807, 2.05) is 43.8 Å². The first kappa shape index (κ1) is 14.3. The van der Waals surface area contributed by atoms with Gasteiger partial charge in [0.05, 0.1) is 6.10 Å². The van der Waals surface area contributed by atoms with Gasteiger partial charge in [0.25, 0.3) is 0 Å². The third kappa shape index (κ3) is 3.62. The molecule has 0 spiro atoms. The molecule has 0 aliphatic heterocycles. The van der Waals surface area contributed by atoms with Gasteiger partial charge in [-0.05, 0) is 29.7 Å². The van der Waals surface area contributed by atoms with Crippen LogP contribution in [0.15, 0.2) is 30.3 Å². The summed E-state index contributed by atoms with van der Waals surface area (Å²) in [6, 6.07) is 8.15. The predicted molar refractivity (Wildman–Crippen MR) is 78.0 cm³/mol. The SMILES string of the molecule is C/C=C(/SCC)c1ccccc1C(O)C(C)C. The van der Waals surface area contributed by atoms with Crippen molar-refractivity contribution in [2.24, 2.45) is 5.92 Å². The lowest BCUT2D eigenvalue weighted by Crippen LogP contribution is -2.07. The number of hydrogen-bond acceptors (Lipinski definition) is 2. The molecule has 94 valence electrons. The highest BCUT2D eigenvalue weighted by Crippen LogP contribution is 2.34. The van der Waals surface area contributed by atoms with E-state index < -0.39 is 6.10 Å². The van der Waals surface area contributed by atoms with Crippen molar-refractivity contribution in [1.82, 2.24) is 0 Å². The minimum absolute atomic E-state index is 0.237. The van der Waals surface area contributed by atoms with Gasteiger partial charge in [-0.15, -0.1) is 11.8 Å². The van der Waals surface area contributed by atoms with Crippen LogP contribution in [0.25, 0.3) is 4.91 Å². The summed E-state index contributed by atoms with van der Waals surface area (Å²) in [5.41, 5.74) is 2.21. The summed E-state index contributed by atoms with van der Waals surface area (Å²) in [4.78, 5) is 1.25. The molecule has 1 aromatic carbocycles. The number of allylic oxidation sites excluding steroid dienone is 1. The lowest BCUT2D eigenvalue weighted by atomic mass is 9.94. The Morgan fingerprint density at radius 1 is 1.35 bits per heavy atom. The summed E-state index contributed by atoms with van der Waals surface area (Å²) in [5, 5.41) is 10.3. The molecule has 2 heteroatoms. The van der Waals surface area contributed by atoms with Crippen LogP contribution in [-0.4, -0.2) is 10.9 Å². The van der Waals surface area contributed by atoms with Crippen LogP contribution in [0, 0.1) is 5.92 Å². The Kier molecular flexibility index (Phi) is 5.79. The third-order valence-electron chi connectivity index (χ3n) is 2.74. The predicted octanol–water partition coefficient (Wildman–Crippen LogP) is 4.49. The number of aliphatic hydroxyl groups is 1. The van der Waals surface area contributed by atoms with Gasteiger partial charge >= 0.3 is 0 Å². The van der Waals surface area contributed by atoms with Crippen molar-refractivity contribution >= 4 is 16.7 Å². The van der Waals surface area contributed by atoms with Gasteiger partial charge in [-0.3, -0.25) is 0 Å². The minimum atomic E-state index is -0.390. The summed E-state index contributed by atoms with van der Waals surface area (Å²) in [7, 11) is 0. The molecular weight excluding hydrogens is 228 g/mol. The summed E-state index contributed by atoms with van der Waals surface area (Å²) >= 11 is 1.82. The first-order valence-electron chi connectivity index (χ1n) is 6.18. The topological polar surface area (TPSA) is 20.2 Å². The van der Waals surface area contributed by atoms with E-state index in [4.69, 9.17) is 0 Å². The molecule has 1 unspecified atom stereocenters. The van der Waals surface area contributed by atoms with Crippen LogP contribution in [0.1, 0.15) is 44.9 Å². The average molecular weight is 250 g/mol. The van der Waals surface area contributed by atoms with Gasteiger partial charge in [0.15, 0.2) is 0 Å². The molecule has 17 heavy (non-hydrogen) atoms. The molecule has 0 bridgehead atoms. The van der Waals surface area contributed by atoms with Crippen molar-refractivity contribution in [2.75, 3.05) is 5.75 Å². The summed E-state index contributed by atoms with van der Waals surface area (Å²) in [6.45, 7) is 8.29. The fourth-order valence-electron chi connectivity index (χ4n) is 1.81. The molecule has 0 aliphatic rings. The largest absolute Gasteiger partial charge is 0.388 e. The van der Waals surface area contributed by atoms with Crippen LogP contribution in [0.4, 0.5) is 0 Å².